The van der Waals surface area contributed by atoms with E-state index in [2.05, 4.69) is 13.2 Å². The average molecular weight is 469 g/mol. The van der Waals surface area contributed by atoms with Crippen molar-refractivity contribution in [1.82, 2.24) is 0 Å². The minimum absolute atomic E-state index is 0.0489. The summed E-state index contributed by atoms with van der Waals surface area (Å²) in [7, 11) is 0. The van der Waals surface area contributed by atoms with Gasteiger partial charge in [-0.15, -0.1) is 0 Å². The molecule has 0 spiro atoms. The molecule has 2 fully saturated rings. The molecular weight excluding hydrogens is 439 g/mol. The van der Waals surface area contributed by atoms with Gasteiger partial charge >= 0.3 is 5.97 Å². The number of cyclic esters (lactones) is 1. The maximum atomic E-state index is 14.5. The second-order valence-corrected chi connectivity index (χ2v) is 8.53. The Labute approximate surface area is 198 Å². The van der Waals surface area contributed by atoms with Crippen molar-refractivity contribution in [3.63, 3.8) is 0 Å². The topological polar surface area (TPSA) is 63.2 Å². The molecule has 0 aromatic heterocycles. The van der Waals surface area contributed by atoms with Crippen LogP contribution in [0.3, 0.4) is 0 Å². The second kappa shape index (κ2) is 11.2. The van der Waals surface area contributed by atoms with Crippen molar-refractivity contribution in [3.05, 3.63) is 72.8 Å². The Morgan fingerprint density at radius 1 is 0.912 bits per heavy atom. The van der Waals surface area contributed by atoms with Crippen LogP contribution in [-0.2, 0) is 19.3 Å². The molecule has 6 nitrogen and oxygen atoms in total. The largest absolute Gasteiger partial charge is 0.494 e. The van der Waals surface area contributed by atoms with Crippen LogP contribution in [0, 0.1) is 5.82 Å². The summed E-state index contributed by atoms with van der Waals surface area (Å²) >= 11 is 0. The minimum atomic E-state index is -0.417. The first kappa shape index (κ1) is 23.8. The molecular formula is C27H29FO6. The molecule has 2 aromatic rings. The Morgan fingerprint density at radius 3 is 2.26 bits per heavy atom. The molecule has 2 aliphatic rings. The number of benzene rings is 2. The van der Waals surface area contributed by atoms with Crippen molar-refractivity contribution in [1.29, 1.82) is 0 Å². The van der Waals surface area contributed by atoms with Gasteiger partial charge in [-0.3, -0.25) is 0 Å². The molecule has 180 valence electrons. The first-order chi connectivity index (χ1) is 16.5. The second-order valence-electron chi connectivity index (χ2n) is 8.53. The van der Waals surface area contributed by atoms with Crippen molar-refractivity contribution in [3.8, 4) is 22.6 Å². The summed E-state index contributed by atoms with van der Waals surface area (Å²) in [5, 5.41) is 0. The maximum Gasteiger partial charge on any atom is 0.333 e. The molecule has 2 atom stereocenters. The van der Waals surface area contributed by atoms with Crippen LogP contribution in [0.2, 0.25) is 0 Å². The molecule has 2 unspecified atom stereocenters. The zero-order valence-electron chi connectivity index (χ0n) is 19.1. The number of hydrogen-bond acceptors (Lipinski definition) is 6. The van der Waals surface area contributed by atoms with Crippen LogP contribution in [0.5, 0.6) is 11.5 Å². The highest BCUT2D eigenvalue weighted by Crippen LogP contribution is 2.28. The number of hydrogen-bond donors (Lipinski definition) is 0. The van der Waals surface area contributed by atoms with Crippen molar-refractivity contribution in [2.45, 2.75) is 50.7 Å². The van der Waals surface area contributed by atoms with E-state index >= 15 is 0 Å². The molecule has 2 aliphatic heterocycles. The van der Waals surface area contributed by atoms with E-state index in [-0.39, 0.29) is 23.9 Å². The van der Waals surface area contributed by atoms with Crippen molar-refractivity contribution in [2.75, 3.05) is 13.2 Å². The Kier molecular flexibility index (Phi) is 7.85. The molecule has 0 amide bonds. The average Bonchev–Trinajstić information content (AvgIpc) is 3.39. The summed E-state index contributed by atoms with van der Waals surface area (Å²) in [6.07, 6.45) is 4.18. The molecule has 2 aromatic carbocycles. The van der Waals surface area contributed by atoms with Crippen molar-refractivity contribution in [2.24, 2.45) is 0 Å². The highest BCUT2D eigenvalue weighted by molar-refractivity contribution is 5.89. The number of esters is 1. The van der Waals surface area contributed by atoms with E-state index in [1.54, 1.807) is 6.07 Å². The molecule has 2 saturated heterocycles. The fraction of sp³-hybridized carbons (Fsp3) is 0.370. The Morgan fingerprint density at radius 2 is 1.62 bits per heavy atom. The van der Waals surface area contributed by atoms with E-state index in [4.69, 9.17) is 24.0 Å². The van der Waals surface area contributed by atoms with E-state index in [1.807, 2.05) is 30.3 Å². The molecule has 7 heteroatoms. The number of ether oxygens (including phenoxy) is 3. The molecule has 34 heavy (non-hydrogen) atoms. The Bertz CT molecular complexity index is 1020. The third-order valence-electron chi connectivity index (χ3n) is 5.78. The number of carbonyl (C=O) groups excluding carboxylic acids is 1. The maximum absolute atomic E-state index is 14.5. The molecule has 0 radical (unpaired) electrons. The van der Waals surface area contributed by atoms with E-state index in [0.29, 0.717) is 43.8 Å². The lowest BCUT2D eigenvalue weighted by atomic mass is 10.1. The third-order valence-corrected chi connectivity index (χ3v) is 5.78. The minimum Gasteiger partial charge on any atom is -0.494 e. The van der Waals surface area contributed by atoms with Gasteiger partial charge in [-0.2, -0.15) is 4.89 Å². The van der Waals surface area contributed by atoms with Crippen LogP contribution in [0.25, 0.3) is 11.1 Å². The van der Waals surface area contributed by atoms with Crippen molar-refractivity contribution >= 4 is 5.97 Å². The fourth-order valence-corrected chi connectivity index (χ4v) is 3.94. The quantitative estimate of drug-likeness (QED) is 0.177. The summed E-state index contributed by atoms with van der Waals surface area (Å²) in [5.41, 5.74) is 2.14. The number of carbonyl (C=O) groups is 1. The zero-order valence-corrected chi connectivity index (χ0v) is 19.1. The molecule has 2 heterocycles. The van der Waals surface area contributed by atoms with Gasteiger partial charge in [0.1, 0.15) is 23.7 Å². The lowest BCUT2D eigenvalue weighted by Crippen LogP contribution is -2.09. The van der Waals surface area contributed by atoms with Crippen LogP contribution >= 0.6 is 0 Å². The molecule has 0 N–H and O–H groups in total. The SMILES string of the molecule is C=C1CC(CCCOc2ccc(-c3ccc(OCCCC4CC(=C)C(=O)O4)c(F)c3)cc2)OO1. The highest BCUT2D eigenvalue weighted by atomic mass is 19.1. The molecule has 0 saturated carbocycles. The van der Waals surface area contributed by atoms with Gasteiger partial charge in [0.2, 0.25) is 0 Å². The van der Waals surface area contributed by atoms with Gasteiger partial charge in [0.15, 0.2) is 11.6 Å². The monoisotopic (exact) mass is 468 g/mol. The van der Waals surface area contributed by atoms with Crippen LogP contribution < -0.4 is 9.47 Å². The van der Waals surface area contributed by atoms with Gasteiger partial charge in [-0.05, 0) is 61.1 Å². The molecule has 4 rings (SSSR count). The van der Waals surface area contributed by atoms with Gasteiger partial charge in [0.05, 0.1) is 13.2 Å². The van der Waals surface area contributed by atoms with Crippen molar-refractivity contribution < 1.29 is 33.2 Å². The van der Waals surface area contributed by atoms with E-state index in [1.165, 1.54) is 6.07 Å². The zero-order chi connectivity index (χ0) is 23.9. The van der Waals surface area contributed by atoms with E-state index in [9.17, 15) is 9.18 Å². The van der Waals surface area contributed by atoms with Gasteiger partial charge in [0, 0.05) is 18.4 Å². The third kappa shape index (κ3) is 6.38. The van der Waals surface area contributed by atoms with Gasteiger partial charge in [0.25, 0.3) is 0 Å². The lowest BCUT2D eigenvalue weighted by Gasteiger charge is -2.11. The number of halogens is 1. The predicted molar refractivity (Wildman–Crippen MR) is 125 cm³/mol. The highest BCUT2D eigenvalue weighted by Gasteiger charge is 2.26. The smallest absolute Gasteiger partial charge is 0.333 e. The fourth-order valence-electron chi connectivity index (χ4n) is 3.94. The number of rotatable bonds is 11. The lowest BCUT2D eigenvalue weighted by molar-refractivity contribution is -0.254. The summed E-state index contributed by atoms with van der Waals surface area (Å²) in [4.78, 5) is 21.4. The van der Waals surface area contributed by atoms with Gasteiger partial charge in [-0.25, -0.2) is 9.18 Å². The predicted octanol–water partition coefficient (Wildman–Crippen LogP) is 5.92. The van der Waals surface area contributed by atoms with Crippen LogP contribution in [0.4, 0.5) is 4.39 Å². The first-order valence-corrected chi connectivity index (χ1v) is 11.5. The Hall–Kier alpha value is -3.32. The summed E-state index contributed by atoms with van der Waals surface area (Å²) in [6.45, 7) is 8.32. The summed E-state index contributed by atoms with van der Waals surface area (Å²) in [5.74, 6) is 0.881. The van der Waals surface area contributed by atoms with Gasteiger partial charge in [-0.1, -0.05) is 31.4 Å². The molecule has 0 bridgehead atoms. The summed E-state index contributed by atoms with van der Waals surface area (Å²) in [6, 6.07) is 12.5. The van der Waals surface area contributed by atoms with E-state index < -0.39 is 5.82 Å². The normalized spacial score (nSPS) is 19.7. The standard InChI is InChI=1S/C27H29FO6/c1-18-15-23(32-27(18)29)5-3-14-31-26-12-9-21(17-25(26)28)20-7-10-22(11-8-20)30-13-4-6-24-16-19(2)33-34-24/h7-12,17,23-24H,1-6,13-16H2. The summed E-state index contributed by atoms with van der Waals surface area (Å²) < 4.78 is 31.1. The van der Waals surface area contributed by atoms with Crippen LogP contribution in [0.15, 0.2) is 67.0 Å². The van der Waals surface area contributed by atoms with Crippen LogP contribution in [-0.4, -0.2) is 31.4 Å². The first-order valence-electron chi connectivity index (χ1n) is 11.5. The van der Waals surface area contributed by atoms with Crippen LogP contribution in [0.1, 0.15) is 38.5 Å². The Balaban J connectivity index is 1.20. The van der Waals surface area contributed by atoms with E-state index in [0.717, 1.165) is 36.1 Å². The van der Waals surface area contributed by atoms with Gasteiger partial charge < -0.3 is 19.1 Å². The molecule has 0 aliphatic carbocycles.